The number of aliphatic hydroxyl groups is 1. The van der Waals surface area contributed by atoms with Crippen molar-refractivity contribution >= 4 is 0 Å². The van der Waals surface area contributed by atoms with Crippen LogP contribution in [0.25, 0.3) is 0 Å². The van der Waals surface area contributed by atoms with Gasteiger partial charge in [0.1, 0.15) is 5.60 Å². The van der Waals surface area contributed by atoms with E-state index in [2.05, 4.69) is 6.58 Å². The summed E-state index contributed by atoms with van der Waals surface area (Å²) in [5.41, 5.74) is -2.01. The Balaban J connectivity index is 2.89. The first-order valence-electron chi connectivity index (χ1n) is 3.93. The van der Waals surface area contributed by atoms with E-state index in [1.54, 1.807) is 6.08 Å². The maximum Gasteiger partial charge on any atom is 0.297 e. The third kappa shape index (κ3) is 1.41. The summed E-state index contributed by atoms with van der Waals surface area (Å²) in [7, 11) is 0. The smallest absolute Gasteiger partial charge is 0.297 e. The molecule has 1 nitrogen and oxygen atoms in total. The molecule has 1 rings (SSSR count). The zero-order valence-electron chi connectivity index (χ0n) is 6.76. The maximum absolute atomic E-state index is 13.0. The number of hydrogen-bond donors (Lipinski definition) is 1. The molecular formula is C9H12F2O. The molecule has 0 aliphatic heterocycles. The molecule has 0 bridgehead atoms. The van der Waals surface area contributed by atoms with Crippen molar-refractivity contribution in [3.8, 4) is 0 Å². The lowest BCUT2D eigenvalue weighted by Crippen LogP contribution is -2.45. The number of alkyl halides is 2. The highest BCUT2D eigenvalue weighted by Gasteiger charge is 2.48. The Bertz CT molecular complexity index is 211. The van der Waals surface area contributed by atoms with Crippen molar-refractivity contribution in [1.29, 1.82) is 0 Å². The molecule has 0 saturated carbocycles. The third-order valence-corrected chi connectivity index (χ3v) is 2.16. The fourth-order valence-electron chi connectivity index (χ4n) is 1.31. The van der Waals surface area contributed by atoms with Gasteiger partial charge in [0.25, 0.3) is 5.92 Å². The SMILES string of the molecule is C=CC(F)(F)C1(O)C=CCCC1. The first kappa shape index (κ1) is 9.39. The van der Waals surface area contributed by atoms with Gasteiger partial charge in [-0.05, 0) is 25.3 Å². The lowest BCUT2D eigenvalue weighted by atomic mass is 9.85. The molecule has 68 valence electrons. The Morgan fingerprint density at radius 2 is 2.25 bits per heavy atom. The molecule has 1 atom stereocenters. The van der Waals surface area contributed by atoms with Crippen LogP contribution < -0.4 is 0 Å². The summed E-state index contributed by atoms with van der Waals surface area (Å²) in [5, 5.41) is 9.49. The molecule has 0 aromatic heterocycles. The van der Waals surface area contributed by atoms with Crippen LogP contribution in [0.2, 0.25) is 0 Å². The van der Waals surface area contributed by atoms with E-state index < -0.39 is 11.5 Å². The molecule has 0 saturated heterocycles. The van der Waals surface area contributed by atoms with Gasteiger partial charge in [0.05, 0.1) is 0 Å². The average Bonchev–Trinajstić information content (AvgIpc) is 2.06. The predicted octanol–water partition coefficient (Wildman–Crippen LogP) is 2.28. The van der Waals surface area contributed by atoms with Crippen LogP contribution in [-0.2, 0) is 0 Å². The van der Waals surface area contributed by atoms with Crippen LogP contribution in [0.4, 0.5) is 8.78 Å². The van der Waals surface area contributed by atoms with E-state index in [0.717, 1.165) is 6.42 Å². The van der Waals surface area contributed by atoms with Crippen LogP contribution in [0.3, 0.4) is 0 Å². The van der Waals surface area contributed by atoms with Crippen molar-refractivity contribution in [3.63, 3.8) is 0 Å². The van der Waals surface area contributed by atoms with E-state index in [1.807, 2.05) is 0 Å². The molecule has 12 heavy (non-hydrogen) atoms. The molecule has 0 heterocycles. The summed E-state index contributed by atoms with van der Waals surface area (Å²) >= 11 is 0. The minimum absolute atomic E-state index is 0.0997. The minimum atomic E-state index is -3.22. The summed E-state index contributed by atoms with van der Waals surface area (Å²) < 4.78 is 26.0. The Morgan fingerprint density at radius 1 is 1.58 bits per heavy atom. The van der Waals surface area contributed by atoms with Gasteiger partial charge in [0, 0.05) is 0 Å². The molecule has 3 heteroatoms. The number of allylic oxidation sites excluding steroid dienone is 1. The second kappa shape index (κ2) is 2.98. The van der Waals surface area contributed by atoms with Crippen LogP contribution in [0.1, 0.15) is 19.3 Å². The van der Waals surface area contributed by atoms with E-state index in [-0.39, 0.29) is 6.42 Å². The summed E-state index contributed by atoms with van der Waals surface area (Å²) in [6.45, 7) is 3.01. The van der Waals surface area contributed by atoms with Crippen LogP contribution in [0, 0.1) is 0 Å². The lowest BCUT2D eigenvalue weighted by Gasteiger charge is -2.33. The van der Waals surface area contributed by atoms with Gasteiger partial charge < -0.3 is 5.11 Å². The summed E-state index contributed by atoms with van der Waals surface area (Å²) in [6.07, 6.45) is 4.72. The van der Waals surface area contributed by atoms with E-state index in [9.17, 15) is 13.9 Å². The van der Waals surface area contributed by atoms with Crippen molar-refractivity contribution in [3.05, 3.63) is 24.8 Å². The zero-order chi connectivity index (χ0) is 9.24. The van der Waals surface area contributed by atoms with Gasteiger partial charge in [0.2, 0.25) is 0 Å². The molecular weight excluding hydrogens is 162 g/mol. The molecule has 1 N–H and O–H groups in total. The Hall–Kier alpha value is -0.700. The predicted molar refractivity (Wildman–Crippen MR) is 43.1 cm³/mol. The summed E-state index contributed by atoms with van der Waals surface area (Å²) in [6, 6.07) is 0. The zero-order valence-corrected chi connectivity index (χ0v) is 6.76. The summed E-state index contributed by atoms with van der Waals surface area (Å²) in [5.74, 6) is -3.22. The van der Waals surface area contributed by atoms with Crippen LogP contribution in [0.15, 0.2) is 24.8 Å². The van der Waals surface area contributed by atoms with E-state index in [0.29, 0.717) is 12.5 Å². The summed E-state index contributed by atoms with van der Waals surface area (Å²) in [4.78, 5) is 0. The molecule has 0 aromatic rings. The number of hydrogen-bond acceptors (Lipinski definition) is 1. The van der Waals surface area contributed by atoms with Crippen molar-refractivity contribution in [2.45, 2.75) is 30.8 Å². The molecule has 1 aliphatic carbocycles. The molecule has 1 unspecified atom stereocenters. The monoisotopic (exact) mass is 174 g/mol. The average molecular weight is 174 g/mol. The third-order valence-electron chi connectivity index (χ3n) is 2.16. The van der Waals surface area contributed by atoms with Crippen molar-refractivity contribution in [2.75, 3.05) is 0 Å². The highest BCUT2D eigenvalue weighted by molar-refractivity contribution is 5.16. The van der Waals surface area contributed by atoms with E-state index in [4.69, 9.17) is 0 Å². The minimum Gasteiger partial charge on any atom is -0.379 e. The second-order valence-corrected chi connectivity index (χ2v) is 3.05. The van der Waals surface area contributed by atoms with Gasteiger partial charge in [-0.2, -0.15) is 8.78 Å². The van der Waals surface area contributed by atoms with Gasteiger partial charge >= 0.3 is 0 Å². The van der Waals surface area contributed by atoms with Gasteiger partial charge in [-0.15, -0.1) is 0 Å². The van der Waals surface area contributed by atoms with Gasteiger partial charge in [-0.3, -0.25) is 0 Å². The molecule has 0 amide bonds. The van der Waals surface area contributed by atoms with E-state index >= 15 is 0 Å². The molecule has 1 aliphatic rings. The van der Waals surface area contributed by atoms with Crippen molar-refractivity contribution in [2.24, 2.45) is 0 Å². The molecule has 0 radical (unpaired) electrons. The Labute approximate surface area is 70.4 Å². The lowest BCUT2D eigenvalue weighted by molar-refractivity contribution is -0.126. The fourth-order valence-corrected chi connectivity index (χ4v) is 1.31. The first-order chi connectivity index (χ1) is 5.52. The van der Waals surface area contributed by atoms with Gasteiger partial charge in [-0.1, -0.05) is 18.7 Å². The Kier molecular flexibility index (Phi) is 2.33. The molecule has 0 spiro atoms. The molecule has 0 fully saturated rings. The van der Waals surface area contributed by atoms with E-state index in [1.165, 1.54) is 6.08 Å². The quantitative estimate of drug-likeness (QED) is 0.637. The fraction of sp³-hybridized carbons (Fsp3) is 0.556. The van der Waals surface area contributed by atoms with Crippen LogP contribution >= 0.6 is 0 Å². The van der Waals surface area contributed by atoms with Crippen molar-refractivity contribution in [1.82, 2.24) is 0 Å². The maximum atomic E-state index is 13.0. The highest BCUT2D eigenvalue weighted by atomic mass is 19.3. The molecule has 0 aromatic carbocycles. The Morgan fingerprint density at radius 3 is 2.67 bits per heavy atom. The second-order valence-electron chi connectivity index (χ2n) is 3.05. The van der Waals surface area contributed by atoms with Crippen molar-refractivity contribution < 1.29 is 13.9 Å². The standard InChI is InChI=1S/C9H12F2O/c1-2-9(10,11)8(12)6-4-3-5-7-8/h2,4,6,12H,1,3,5,7H2. The first-order valence-corrected chi connectivity index (χ1v) is 3.93. The van der Waals surface area contributed by atoms with Gasteiger partial charge in [-0.25, -0.2) is 0 Å². The number of halogens is 2. The van der Waals surface area contributed by atoms with Crippen LogP contribution in [0.5, 0.6) is 0 Å². The van der Waals surface area contributed by atoms with Gasteiger partial charge in [0.15, 0.2) is 0 Å². The normalized spacial score (nSPS) is 30.2. The topological polar surface area (TPSA) is 20.2 Å². The van der Waals surface area contributed by atoms with Crippen LogP contribution in [-0.4, -0.2) is 16.6 Å². The largest absolute Gasteiger partial charge is 0.379 e. The highest BCUT2D eigenvalue weighted by Crippen LogP contribution is 2.37. The number of rotatable bonds is 2.